The number of nitrogens with zero attached hydrogens (tertiary/aromatic N) is 3. The minimum absolute atomic E-state index is 0.0935. The maximum atomic E-state index is 12.9. The number of benzene rings is 1. The second kappa shape index (κ2) is 4.69. The number of para-hydroxylation sites is 1. The number of rotatable bonds is 3. The zero-order valence-corrected chi connectivity index (χ0v) is 9.70. The van der Waals surface area contributed by atoms with Crippen molar-refractivity contribution in [3.8, 4) is 0 Å². The highest BCUT2D eigenvalue weighted by Gasteiger charge is 2.33. The van der Waals surface area contributed by atoms with Crippen molar-refractivity contribution in [3.05, 3.63) is 36.2 Å². The third-order valence-electron chi connectivity index (χ3n) is 1.94. The molecule has 0 fully saturated rings. The van der Waals surface area contributed by atoms with Gasteiger partial charge < -0.3 is 11.1 Å². The number of nitrogen functional groups attached to an aromatic ring is 1. The van der Waals surface area contributed by atoms with Crippen LogP contribution in [0.15, 0.2) is 30.3 Å². The van der Waals surface area contributed by atoms with Crippen molar-refractivity contribution in [1.82, 2.24) is 15.0 Å². The molecule has 0 saturated heterocycles. The van der Waals surface area contributed by atoms with Gasteiger partial charge in [-0.2, -0.15) is 23.7 Å². The van der Waals surface area contributed by atoms with Gasteiger partial charge in [0.1, 0.15) is 0 Å². The monoisotopic (exact) mass is 271 g/mol. The van der Waals surface area contributed by atoms with E-state index in [0.717, 1.165) is 0 Å². The Kier molecular flexibility index (Phi) is 3.24. The van der Waals surface area contributed by atoms with Crippen molar-refractivity contribution >= 4 is 29.2 Å². The molecule has 5 nitrogen and oxygen atoms in total. The van der Waals surface area contributed by atoms with Gasteiger partial charge in [-0.05, 0) is 23.7 Å². The summed E-state index contributed by atoms with van der Waals surface area (Å²) in [5, 5.41) is -0.967. The van der Waals surface area contributed by atoms with Crippen LogP contribution in [0.4, 0.5) is 26.4 Å². The number of halogens is 3. The van der Waals surface area contributed by atoms with Gasteiger partial charge in [-0.15, -0.1) is 0 Å². The van der Waals surface area contributed by atoms with Gasteiger partial charge in [0.15, 0.2) is 0 Å². The maximum absolute atomic E-state index is 12.9. The third kappa shape index (κ3) is 3.01. The number of hydrogen-bond acceptors (Lipinski definition) is 5. The fourth-order valence-corrected chi connectivity index (χ4v) is 1.31. The van der Waals surface area contributed by atoms with Gasteiger partial charge in [-0.3, -0.25) is 0 Å². The Morgan fingerprint density at radius 1 is 1.11 bits per heavy atom. The second-order valence-corrected chi connectivity index (χ2v) is 3.80. The first-order chi connectivity index (χ1) is 8.45. The van der Waals surface area contributed by atoms with E-state index in [2.05, 4.69) is 20.3 Å². The lowest BCUT2D eigenvalue weighted by Crippen LogP contribution is -2.14. The molecule has 0 radical (unpaired) electrons. The van der Waals surface area contributed by atoms with Crippen molar-refractivity contribution in [2.24, 2.45) is 0 Å². The van der Waals surface area contributed by atoms with Crippen LogP contribution in [0.25, 0.3) is 0 Å². The van der Waals surface area contributed by atoms with E-state index in [4.69, 9.17) is 17.3 Å². The van der Waals surface area contributed by atoms with Crippen molar-refractivity contribution in [2.75, 3.05) is 11.1 Å². The van der Waals surface area contributed by atoms with Gasteiger partial charge in [0, 0.05) is 5.69 Å². The Bertz CT molecular complexity index is 544. The standard InChI is InChI=1S/C10H8ClF2N5/c11-10(12,13)7-16-8(14)18-9(17-7)15-6-4-2-1-3-5-6/h1-5H,(H3,14,15,16,17,18). The number of alkyl halides is 3. The van der Waals surface area contributed by atoms with E-state index >= 15 is 0 Å². The number of nitrogens with two attached hydrogens (primary N) is 1. The SMILES string of the molecule is Nc1nc(Nc2ccccc2)nc(C(F)(F)Cl)n1. The Morgan fingerprint density at radius 3 is 2.39 bits per heavy atom. The van der Waals surface area contributed by atoms with Gasteiger partial charge in [-0.1, -0.05) is 18.2 Å². The third-order valence-corrected chi connectivity index (χ3v) is 2.11. The summed E-state index contributed by atoms with van der Waals surface area (Å²) in [6.07, 6.45) is 0. The molecular weight excluding hydrogens is 264 g/mol. The average molecular weight is 272 g/mol. The lowest BCUT2D eigenvalue weighted by Gasteiger charge is -2.09. The molecule has 0 unspecified atom stereocenters. The largest absolute Gasteiger partial charge is 0.381 e. The normalized spacial score (nSPS) is 11.3. The van der Waals surface area contributed by atoms with E-state index in [-0.39, 0.29) is 11.9 Å². The number of hydrogen-bond donors (Lipinski definition) is 2. The molecule has 94 valence electrons. The summed E-state index contributed by atoms with van der Waals surface area (Å²) in [6, 6.07) is 8.79. The zero-order valence-electron chi connectivity index (χ0n) is 8.94. The van der Waals surface area contributed by atoms with E-state index in [1.54, 1.807) is 24.3 Å². The summed E-state index contributed by atoms with van der Waals surface area (Å²) < 4.78 is 25.8. The quantitative estimate of drug-likeness (QED) is 0.839. The summed E-state index contributed by atoms with van der Waals surface area (Å²) in [4.78, 5) is 10.5. The molecule has 0 amide bonds. The summed E-state index contributed by atoms with van der Waals surface area (Å²) in [5.41, 5.74) is 5.95. The van der Waals surface area contributed by atoms with Gasteiger partial charge in [0.05, 0.1) is 0 Å². The predicted molar refractivity (Wildman–Crippen MR) is 63.7 cm³/mol. The second-order valence-electron chi connectivity index (χ2n) is 3.33. The van der Waals surface area contributed by atoms with Crippen molar-refractivity contribution in [2.45, 2.75) is 5.38 Å². The summed E-state index contributed by atoms with van der Waals surface area (Å²) in [7, 11) is 0. The molecule has 8 heteroatoms. The minimum atomic E-state index is -3.69. The Balaban J connectivity index is 2.32. The van der Waals surface area contributed by atoms with Gasteiger partial charge in [0.2, 0.25) is 17.7 Å². The van der Waals surface area contributed by atoms with E-state index < -0.39 is 11.2 Å². The van der Waals surface area contributed by atoms with E-state index in [9.17, 15) is 8.78 Å². The first kappa shape index (κ1) is 12.4. The van der Waals surface area contributed by atoms with Crippen LogP contribution in [0.3, 0.4) is 0 Å². The Labute approximate surface area is 106 Å². The summed E-state index contributed by atoms with van der Waals surface area (Å²) in [5.74, 6) is -1.32. The van der Waals surface area contributed by atoms with Gasteiger partial charge >= 0.3 is 5.38 Å². The summed E-state index contributed by atoms with van der Waals surface area (Å²) in [6.45, 7) is 0. The predicted octanol–water partition coefficient (Wildman–Crippen LogP) is 2.49. The van der Waals surface area contributed by atoms with Crippen LogP contribution < -0.4 is 11.1 Å². The molecule has 0 bridgehead atoms. The molecule has 18 heavy (non-hydrogen) atoms. The Morgan fingerprint density at radius 2 is 1.78 bits per heavy atom. The maximum Gasteiger partial charge on any atom is 0.381 e. The van der Waals surface area contributed by atoms with Crippen LogP contribution in [0, 0.1) is 0 Å². The highest BCUT2D eigenvalue weighted by Crippen LogP contribution is 2.30. The highest BCUT2D eigenvalue weighted by molar-refractivity contribution is 6.21. The first-order valence-electron chi connectivity index (χ1n) is 4.86. The van der Waals surface area contributed by atoms with Crippen LogP contribution in [0.5, 0.6) is 0 Å². The molecule has 2 aromatic rings. The lowest BCUT2D eigenvalue weighted by molar-refractivity contribution is 0.0845. The minimum Gasteiger partial charge on any atom is -0.368 e. The van der Waals surface area contributed by atoms with E-state index in [0.29, 0.717) is 5.69 Å². The van der Waals surface area contributed by atoms with Crippen LogP contribution in [0.2, 0.25) is 0 Å². The molecule has 0 aliphatic heterocycles. The molecule has 1 aromatic heterocycles. The Hall–Kier alpha value is -2.02. The molecule has 0 spiro atoms. The van der Waals surface area contributed by atoms with Gasteiger partial charge in [0.25, 0.3) is 0 Å². The molecule has 0 atom stereocenters. The average Bonchev–Trinajstić information content (AvgIpc) is 2.28. The molecule has 1 heterocycles. The molecule has 1 aromatic carbocycles. The lowest BCUT2D eigenvalue weighted by atomic mass is 10.3. The fourth-order valence-electron chi connectivity index (χ4n) is 1.23. The van der Waals surface area contributed by atoms with Crippen molar-refractivity contribution < 1.29 is 8.78 Å². The highest BCUT2D eigenvalue weighted by atomic mass is 35.5. The first-order valence-corrected chi connectivity index (χ1v) is 5.24. The van der Waals surface area contributed by atoms with Crippen LogP contribution in [-0.4, -0.2) is 15.0 Å². The van der Waals surface area contributed by atoms with Gasteiger partial charge in [-0.25, -0.2) is 0 Å². The van der Waals surface area contributed by atoms with Crippen LogP contribution in [-0.2, 0) is 5.38 Å². The molecule has 0 aliphatic carbocycles. The number of anilines is 3. The molecule has 0 aliphatic rings. The molecular formula is C10H8ClF2N5. The zero-order chi connectivity index (χ0) is 13.2. The van der Waals surface area contributed by atoms with Crippen LogP contribution >= 0.6 is 11.6 Å². The molecule has 3 N–H and O–H groups in total. The van der Waals surface area contributed by atoms with E-state index in [1.807, 2.05) is 6.07 Å². The van der Waals surface area contributed by atoms with Crippen molar-refractivity contribution in [3.63, 3.8) is 0 Å². The van der Waals surface area contributed by atoms with E-state index in [1.165, 1.54) is 0 Å². The molecule has 2 rings (SSSR count). The fraction of sp³-hybridized carbons (Fsp3) is 0.100. The topological polar surface area (TPSA) is 76.7 Å². The van der Waals surface area contributed by atoms with Crippen LogP contribution in [0.1, 0.15) is 5.82 Å². The number of nitrogens with one attached hydrogen (secondary N) is 1. The summed E-state index contributed by atoms with van der Waals surface area (Å²) >= 11 is 4.84. The molecule has 0 saturated carbocycles. The number of aromatic nitrogens is 3. The smallest absolute Gasteiger partial charge is 0.368 e. The van der Waals surface area contributed by atoms with Crippen molar-refractivity contribution in [1.29, 1.82) is 0 Å².